The Morgan fingerprint density at radius 2 is 2.26 bits per heavy atom. The Hall–Kier alpha value is -1.92. The minimum atomic E-state index is -0.247. The Bertz CT molecular complexity index is 656. The number of hydrogen-bond donors (Lipinski definition) is 2. The van der Waals surface area contributed by atoms with Gasteiger partial charge in [0.15, 0.2) is 5.96 Å². The van der Waals surface area contributed by atoms with Crippen molar-refractivity contribution in [1.82, 2.24) is 15.2 Å². The molecule has 1 saturated heterocycles. The first-order chi connectivity index (χ1) is 11.3. The van der Waals surface area contributed by atoms with Gasteiger partial charge in [0.2, 0.25) is 0 Å². The van der Waals surface area contributed by atoms with Gasteiger partial charge < -0.3 is 15.3 Å². The highest BCUT2D eigenvalue weighted by Crippen LogP contribution is 2.22. The van der Waals surface area contributed by atoms with Crippen molar-refractivity contribution >= 4 is 17.3 Å². The van der Waals surface area contributed by atoms with E-state index in [1.54, 1.807) is 11.3 Å². The fourth-order valence-corrected chi connectivity index (χ4v) is 3.35. The first-order valence-corrected chi connectivity index (χ1v) is 8.85. The minimum absolute atomic E-state index is 0.247. The lowest BCUT2D eigenvalue weighted by atomic mass is 10.2. The highest BCUT2D eigenvalue weighted by atomic mass is 32.1. The summed E-state index contributed by atoms with van der Waals surface area (Å²) in [5, 5.41) is 16.1. The smallest absolute Gasteiger partial charge is 0.194 e. The first-order valence-electron chi connectivity index (χ1n) is 7.97. The second kappa shape index (κ2) is 7.57. The third-order valence-electron chi connectivity index (χ3n) is 3.78. The summed E-state index contributed by atoms with van der Waals surface area (Å²) in [6.45, 7) is 4.93. The third-order valence-corrected chi connectivity index (χ3v) is 4.62. The summed E-state index contributed by atoms with van der Waals surface area (Å²) in [4.78, 5) is 11.5. The SMILES string of the molecule is CCNC(=NCc1nc(-c2ccccc2)cs1)N1CC[C@@H](O)C1. The molecule has 122 valence electrons. The maximum atomic E-state index is 9.70. The lowest BCUT2D eigenvalue weighted by Gasteiger charge is -2.20. The van der Waals surface area contributed by atoms with E-state index < -0.39 is 0 Å². The quantitative estimate of drug-likeness (QED) is 0.667. The summed E-state index contributed by atoms with van der Waals surface area (Å²) in [5.74, 6) is 0.862. The van der Waals surface area contributed by atoms with E-state index in [4.69, 9.17) is 0 Å². The van der Waals surface area contributed by atoms with Gasteiger partial charge in [0.25, 0.3) is 0 Å². The summed E-state index contributed by atoms with van der Waals surface area (Å²) in [6, 6.07) is 10.2. The van der Waals surface area contributed by atoms with Gasteiger partial charge in [-0.3, -0.25) is 0 Å². The molecule has 1 fully saturated rings. The number of aliphatic imine (C=N–C) groups is 1. The molecular formula is C17H22N4OS. The fourth-order valence-electron chi connectivity index (χ4n) is 2.63. The van der Waals surface area contributed by atoms with Crippen LogP contribution in [-0.2, 0) is 6.54 Å². The lowest BCUT2D eigenvalue weighted by molar-refractivity contribution is 0.188. The van der Waals surface area contributed by atoms with E-state index in [1.165, 1.54) is 0 Å². The number of benzene rings is 1. The van der Waals surface area contributed by atoms with Crippen LogP contribution in [0.4, 0.5) is 0 Å². The molecule has 0 saturated carbocycles. The number of aromatic nitrogens is 1. The van der Waals surface area contributed by atoms with Gasteiger partial charge in [-0.15, -0.1) is 11.3 Å². The summed E-state index contributed by atoms with van der Waals surface area (Å²) in [7, 11) is 0. The number of nitrogens with one attached hydrogen (secondary N) is 1. The number of nitrogens with zero attached hydrogens (tertiary/aromatic N) is 3. The number of rotatable bonds is 4. The zero-order chi connectivity index (χ0) is 16.1. The molecule has 1 atom stereocenters. The maximum Gasteiger partial charge on any atom is 0.194 e. The van der Waals surface area contributed by atoms with Crippen LogP contribution in [0.3, 0.4) is 0 Å². The zero-order valence-electron chi connectivity index (χ0n) is 13.3. The third kappa shape index (κ3) is 4.09. The van der Waals surface area contributed by atoms with E-state index in [0.717, 1.165) is 41.7 Å². The maximum absolute atomic E-state index is 9.70. The fraction of sp³-hybridized carbons (Fsp3) is 0.412. The summed E-state index contributed by atoms with van der Waals surface area (Å²) in [6.07, 6.45) is 0.559. The van der Waals surface area contributed by atoms with Gasteiger partial charge >= 0.3 is 0 Å². The van der Waals surface area contributed by atoms with Crippen LogP contribution in [0.1, 0.15) is 18.4 Å². The van der Waals surface area contributed by atoms with E-state index in [0.29, 0.717) is 13.1 Å². The second-order valence-electron chi connectivity index (χ2n) is 5.55. The summed E-state index contributed by atoms with van der Waals surface area (Å²) >= 11 is 1.63. The molecule has 0 amide bonds. The monoisotopic (exact) mass is 330 g/mol. The number of guanidine groups is 1. The van der Waals surface area contributed by atoms with Crippen molar-refractivity contribution in [3.63, 3.8) is 0 Å². The van der Waals surface area contributed by atoms with E-state index in [-0.39, 0.29) is 6.10 Å². The van der Waals surface area contributed by atoms with E-state index in [2.05, 4.69) is 44.6 Å². The van der Waals surface area contributed by atoms with Gasteiger partial charge in [-0.25, -0.2) is 9.98 Å². The van der Waals surface area contributed by atoms with Gasteiger partial charge in [-0.2, -0.15) is 0 Å². The normalized spacial score (nSPS) is 18.4. The number of aliphatic hydroxyl groups excluding tert-OH is 1. The highest BCUT2D eigenvalue weighted by Gasteiger charge is 2.22. The Morgan fingerprint density at radius 3 is 2.96 bits per heavy atom. The van der Waals surface area contributed by atoms with Crippen LogP contribution in [0.2, 0.25) is 0 Å². The molecule has 6 heteroatoms. The van der Waals surface area contributed by atoms with Crippen LogP contribution >= 0.6 is 11.3 Å². The number of likely N-dealkylation sites (tertiary alicyclic amines) is 1. The molecule has 3 rings (SSSR count). The van der Waals surface area contributed by atoms with Gasteiger partial charge in [-0.05, 0) is 13.3 Å². The molecule has 1 aromatic carbocycles. The second-order valence-corrected chi connectivity index (χ2v) is 6.49. The Balaban J connectivity index is 1.69. The average molecular weight is 330 g/mol. The van der Waals surface area contributed by atoms with Gasteiger partial charge in [0.05, 0.1) is 18.3 Å². The largest absolute Gasteiger partial charge is 0.391 e. The first kappa shape index (κ1) is 16.0. The van der Waals surface area contributed by atoms with Crippen molar-refractivity contribution < 1.29 is 5.11 Å². The number of thiazole rings is 1. The van der Waals surface area contributed by atoms with E-state index in [9.17, 15) is 5.11 Å². The molecular weight excluding hydrogens is 308 g/mol. The van der Waals surface area contributed by atoms with Crippen molar-refractivity contribution in [2.75, 3.05) is 19.6 Å². The van der Waals surface area contributed by atoms with Crippen molar-refractivity contribution in [1.29, 1.82) is 0 Å². The van der Waals surface area contributed by atoms with Crippen molar-refractivity contribution in [2.45, 2.75) is 26.0 Å². The van der Waals surface area contributed by atoms with Crippen LogP contribution in [0.25, 0.3) is 11.3 Å². The van der Waals surface area contributed by atoms with Crippen LogP contribution in [0.15, 0.2) is 40.7 Å². The molecule has 0 unspecified atom stereocenters. The molecule has 2 heterocycles. The topological polar surface area (TPSA) is 60.8 Å². The highest BCUT2D eigenvalue weighted by molar-refractivity contribution is 7.09. The molecule has 5 nitrogen and oxygen atoms in total. The van der Waals surface area contributed by atoms with Crippen molar-refractivity contribution in [2.24, 2.45) is 4.99 Å². The van der Waals surface area contributed by atoms with Crippen LogP contribution in [0, 0.1) is 0 Å². The molecule has 23 heavy (non-hydrogen) atoms. The number of hydrogen-bond acceptors (Lipinski definition) is 4. The standard InChI is InChI=1S/C17H22N4OS/c1-2-18-17(21-9-8-14(22)11-21)19-10-16-20-15(12-23-16)13-6-4-3-5-7-13/h3-7,12,14,22H,2,8-11H2,1H3,(H,18,19)/t14-/m1/s1. The van der Waals surface area contributed by atoms with E-state index >= 15 is 0 Å². The van der Waals surface area contributed by atoms with Crippen LogP contribution in [0.5, 0.6) is 0 Å². The molecule has 1 aliphatic rings. The molecule has 2 aromatic rings. The zero-order valence-corrected chi connectivity index (χ0v) is 14.1. The number of aliphatic hydroxyl groups is 1. The Morgan fingerprint density at radius 1 is 1.43 bits per heavy atom. The molecule has 2 N–H and O–H groups in total. The molecule has 0 radical (unpaired) electrons. The number of β-amino-alcohol motifs (C(OH)–C–C–N with tert-alkyl or cyclic N) is 1. The Labute approximate surface area is 140 Å². The van der Waals surface area contributed by atoms with Gasteiger partial charge in [0.1, 0.15) is 5.01 Å². The van der Waals surface area contributed by atoms with E-state index in [1.807, 2.05) is 18.2 Å². The molecule has 0 spiro atoms. The van der Waals surface area contributed by atoms with Crippen molar-refractivity contribution in [3.05, 3.63) is 40.7 Å². The summed E-state index contributed by atoms with van der Waals surface area (Å²) in [5.41, 5.74) is 2.14. The average Bonchev–Trinajstić information content (AvgIpc) is 3.21. The predicted molar refractivity (Wildman–Crippen MR) is 94.6 cm³/mol. The van der Waals surface area contributed by atoms with Gasteiger partial charge in [0, 0.05) is 30.6 Å². The molecule has 0 aliphatic carbocycles. The van der Waals surface area contributed by atoms with Crippen LogP contribution < -0.4 is 5.32 Å². The van der Waals surface area contributed by atoms with Crippen LogP contribution in [-0.4, -0.2) is 46.7 Å². The Kier molecular flexibility index (Phi) is 5.25. The molecule has 0 bridgehead atoms. The molecule has 1 aromatic heterocycles. The molecule has 1 aliphatic heterocycles. The minimum Gasteiger partial charge on any atom is -0.391 e. The predicted octanol–water partition coefficient (Wildman–Crippen LogP) is 2.34. The van der Waals surface area contributed by atoms with Crippen molar-refractivity contribution in [3.8, 4) is 11.3 Å². The summed E-state index contributed by atoms with van der Waals surface area (Å²) < 4.78 is 0. The van der Waals surface area contributed by atoms with Gasteiger partial charge in [-0.1, -0.05) is 30.3 Å². The lowest BCUT2D eigenvalue weighted by Crippen LogP contribution is -2.40.